The van der Waals surface area contributed by atoms with Gasteiger partial charge >= 0.3 is 0 Å². The molecule has 1 heterocycles. The van der Waals surface area contributed by atoms with Crippen molar-refractivity contribution in [1.29, 1.82) is 0 Å². The molecule has 1 saturated heterocycles. The first-order chi connectivity index (χ1) is 8.50. The minimum atomic E-state index is -0.369. The van der Waals surface area contributed by atoms with Crippen molar-refractivity contribution in [2.75, 3.05) is 18.1 Å². The summed E-state index contributed by atoms with van der Waals surface area (Å²) in [6.07, 6.45) is 0.115. The van der Waals surface area contributed by atoms with Crippen molar-refractivity contribution in [3.8, 4) is 0 Å². The Morgan fingerprint density at radius 2 is 2.22 bits per heavy atom. The van der Waals surface area contributed by atoms with Crippen molar-refractivity contribution in [2.45, 2.75) is 26.0 Å². The van der Waals surface area contributed by atoms with E-state index in [2.05, 4.69) is 4.90 Å². The van der Waals surface area contributed by atoms with Crippen LogP contribution >= 0.6 is 12.2 Å². The number of thiocarbonyl (C=S) groups is 1. The van der Waals surface area contributed by atoms with Gasteiger partial charge < -0.3 is 15.4 Å². The first kappa shape index (κ1) is 13.2. The SMILES string of the molecule is CC1CN(c2cccc(F)c2C(N)=S)C(C)CO1. The second-order valence-electron chi connectivity index (χ2n) is 4.64. The number of anilines is 1. The largest absolute Gasteiger partial charge is 0.389 e. The number of nitrogens with two attached hydrogens (primary N) is 1. The third-order valence-electron chi connectivity index (χ3n) is 3.16. The lowest BCUT2D eigenvalue weighted by atomic mass is 10.1. The highest BCUT2D eigenvalue weighted by Gasteiger charge is 2.26. The molecule has 3 nitrogen and oxygen atoms in total. The van der Waals surface area contributed by atoms with Crippen LogP contribution in [0.25, 0.3) is 0 Å². The number of benzene rings is 1. The zero-order chi connectivity index (χ0) is 13.3. The molecular formula is C13H17FN2OS. The predicted molar refractivity (Wildman–Crippen MR) is 74.5 cm³/mol. The van der Waals surface area contributed by atoms with Crippen molar-refractivity contribution in [3.63, 3.8) is 0 Å². The Morgan fingerprint density at radius 3 is 2.89 bits per heavy atom. The summed E-state index contributed by atoms with van der Waals surface area (Å²) in [5.74, 6) is -0.369. The van der Waals surface area contributed by atoms with Gasteiger partial charge in [0.2, 0.25) is 0 Å². The summed E-state index contributed by atoms with van der Waals surface area (Å²) < 4.78 is 19.4. The maximum absolute atomic E-state index is 13.9. The Kier molecular flexibility index (Phi) is 3.82. The number of hydrogen-bond acceptors (Lipinski definition) is 3. The smallest absolute Gasteiger partial charge is 0.135 e. The number of ether oxygens (including phenoxy) is 1. The van der Waals surface area contributed by atoms with E-state index in [0.29, 0.717) is 18.7 Å². The third kappa shape index (κ3) is 2.47. The van der Waals surface area contributed by atoms with Crippen LogP contribution in [0.4, 0.5) is 10.1 Å². The van der Waals surface area contributed by atoms with E-state index in [0.717, 1.165) is 5.69 Å². The molecule has 5 heteroatoms. The molecule has 18 heavy (non-hydrogen) atoms. The molecule has 0 aliphatic carbocycles. The summed E-state index contributed by atoms with van der Waals surface area (Å²) in [5, 5.41) is 0. The summed E-state index contributed by atoms with van der Waals surface area (Å²) in [7, 11) is 0. The highest BCUT2D eigenvalue weighted by atomic mass is 32.1. The second-order valence-corrected chi connectivity index (χ2v) is 5.08. The monoisotopic (exact) mass is 268 g/mol. The molecule has 1 aromatic carbocycles. The molecule has 1 fully saturated rings. The van der Waals surface area contributed by atoms with E-state index in [1.807, 2.05) is 19.9 Å². The minimum absolute atomic E-state index is 0.0921. The van der Waals surface area contributed by atoms with E-state index in [-0.39, 0.29) is 23.0 Å². The lowest BCUT2D eigenvalue weighted by Gasteiger charge is -2.39. The third-order valence-corrected chi connectivity index (χ3v) is 3.36. The Labute approximate surface area is 112 Å². The first-order valence-electron chi connectivity index (χ1n) is 5.97. The van der Waals surface area contributed by atoms with E-state index < -0.39 is 0 Å². The maximum atomic E-state index is 13.9. The average molecular weight is 268 g/mol. The van der Waals surface area contributed by atoms with E-state index in [1.165, 1.54) is 6.07 Å². The zero-order valence-electron chi connectivity index (χ0n) is 10.5. The van der Waals surface area contributed by atoms with Gasteiger partial charge in [0.25, 0.3) is 0 Å². The molecule has 0 bridgehead atoms. The number of halogens is 1. The zero-order valence-corrected chi connectivity index (χ0v) is 11.3. The van der Waals surface area contributed by atoms with Crippen LogP contribution in [0, 0.1) is 5.82 Å². The Hall–Kier alpha value is -1.20. The normalized spacial score (nSPS) is 24.1. The van der Waals surface area contributed by atoms with Crippen molar-refractivity contribution in [1.82, 2.24) is 0 Å². The first-order valence-corrected chi connectivity index (χ1v) is 6.38. The summed E-state index contributed by atoms with van der Waals surface area (Å²) in [5.41, 5.74) is 6.72. The molecule has 0 amide bonds. The Balaban J connectivity index is 2.43. The standard InChI is InChI=1S/C13H17FN2OS/c1-8-7-17-9(2)6-16(8)11-5-3-4-10(14)12(11)13(15)18/h3-5,8-9H,6-7H2,1-2H3,(H2,15,18). The quantitative estimate of drug-likeness (QED) is 0.833. The van der Waals surface area contributed by atoms with Crippen LogP contribution in [-0.4, -0.2) is 30.3 Å². The Morgan fingerprint density at radius 1 is 1.50 bits per heavy atom. The molecule has 1 aromatic rings. The van der Waals surface area contributed by atoms with Crippen LogP contribution in [0.2, 0.25) is 0 Å². The van der Waals surface area contributed by atoms with Gasteiger partial charge in [0.05, 0.1) is 24.0 Å². The molecule has 2 rings (SSSR count). The number of morpholine rings is 1. The van der Waals surface area contributed by atoms with Gasteiger partial charge in [0.1, 0.15) is 10.8 Å². The van der Waals surface area contributed by atoms with Gasteiger partial charge in [-0.05, 0) is 26.0 Å². The fraction of sp³-hybridized carbons (Fsp3) is 0.462. The van der Waals surface area contributed by atoms with Crippen molar-refractivity contribution in [3.05, 3.63) is 29.6 Å². The molecule has 2 N–H and O–H groups in total. The summed E-state index contributed by atoms with van der Waals surface area (Å²) in [6, 6.07) is 5.09. The average Bonchev–Trinajstić information content (AvgIpc) is 2.31. The molecule has 0 radical (unpaired) electrons. The van der Waals surface area contributed by atoms with Crippen LogP contribution in [0.3, 0.4) is 0 Å². The van der Waals surface area contributed by atoms with E-state index in [4.69, 9.17) is 22.7 Å². The van der Waals surface area contributed by atoms with Gasteiger partial charge in [-0.25, -0.2) is 4.39 Å². The maximum Gasteiger partial charge on any atom is 0.135 e. The molecular weight excluding hydrogens is 251 g/mol. The number of nitrogens with zero attached hydrogens (tertiary/aromatic N) is 1. The molecule has 2 unspecified atom stereocenters. The highest BCUT2D eigenvalue weighted by Crippen LogP contribution is 2.27. The lowest BCUT2D eigenvalue weighted by Crippen LogP contribution is -2.48. The van der Waals surface area contributed by atoms with E-state index in [9.17, 15) is 4.39 Å². The van der Waals surface area contributed by atoms with Gasteiger partial charge in [-0.2, -0.15) is 0 Å². The second kappa shape index (κ2) is 5.20. The molecule has 0 saturated carbocycles. The van der Waals surface area contributed by atoms with Gasteiger partial charge in [-0.1, -0.05) is 18.3 Å². The van der Waals surface area contributed by atoms with Crippen molar-refractivity contribution < 1.29 is 9.13 Å². The van der Waals surface area contributed by atoms with Gasteiger partial charge in [-0.3, -0.25) is 0 Å². The Bertz CT molecular complexity index is 466. The van der Waals surface area contributed by atoms with Crippen LogP contribution in [0.1, 0.15) is 19.4 Å². The molecule has 1 aliphatic heterocycles. The molecule has 2 atom stereocenters. The summed E-state index contributed by atoms with van der Waals surface area (Å²) >= 11 is 4.95. The lowest BCUT2D eigenvalue weighted by molar-refractivity contribution is 0.0343. The van der Waals surface area contributed by atoms with Crippen molar-refractivity contribution in [2.24, 2.45) is 5.73 Å². The van der Waals surface area contributed by atoms with Crippen LogP contribution in [0.5, 0.6) is 0 Å². The van der Waals surface area contributed by atoms with Gasteiger partial charge in [-0.15, -0.1) is 0 Å². The van der Waals surface area contributed by atoms with Crippen LogP contribution in [-0.2, 0) is 4.74 Å². The summed E-state index contributed by atoms with van der Waals surface area (Å²) in [6.45, 7) is 5.37. The van der Waals surface area contributed by atoms with E-state index >= 15 is 0 Å². The van der Waals surface area contributed by atoms with Crippen molar-refractivity contribution >= 4 is 22.9 Å². The number of hydrogen-bond donors (Lipinski definition) is 1. The fourth-order valence-electron chi connectivity index (χ4n) is 2.23. The minimum Gasteiger partial charge on any atom is -0.389 e. The topological polar surface area (TPSA) is 38.5 Å². The van der Waals surface area contributed by atoms with Crippen LogP contribution in [0.15, 0.2) is 18.2 Å². The molecule has 98 valence electrons. The van der Waals surface area contributed by atoms with Crippen LogP contribution < -0.4 is 10.6 Å². The highest BCUT2D eigenvalue weighted by molar-refractivity contribution is 7.80. The summed E-state index contributed by atoms with van der Waals surface area (Å²) in [4.78, 5) is 2.19. The van der Waals surface area contributed by atoms with E-state index in [1.54, 1.807) is 6.07 Å². The predicted octanol–water partition coefficient (Wildman–Crippen LogP) is 2.07. The molecule has 1 aliphatic rings. The van der Waals surface area contributed by atoms with Gasteiger partial charge in [0, 0.05) is 12.6 Å². The molecule has 0 aromatic heterocycles. The molecule has 0 spiro atoms. The number of rotatable bonds is 2. The van der Waals surface area contributed by atoms with Gasteiger partial charge in [0.15, 0.2) is 0 Å². The fourth-order valence-corrected chi connectivity index (χ4v) is 2.44.